The monoisotopic (exact) mass is 409 g/mol. The number of benzene rings is 1. The van der Waals surface area contributed by atoms with E-state index in [0.717, 1.165) is 45.3 Å². The number of carbonyl (C=O) groups excluding carboxylic acids is 2. The molecule has 2 aliphatic rings. The molecule has 0 atom stereocenters. The summed E-state index contributed by atoms with van der Waals surface area (Å²) in [6.07, 6.45) is 5.34. The summed E-state index contributed by atoms with van der Waals surface area (Å²) in [6.45, 7) is 3.97. The SMILES string of the molecule is Cn1nc(C(=O)N2CCN(Cc3ccccc3)CC2)cc1NC(=O)C1CCCCC1. The maximum Gasteiger partial charge on any atom is 0.274 e. The number of piperazine rings is 1. The Kier molecular flexibility index (Phi) is 6.47. The highest BCUT2D eigenvalue weighted by molar-refractivity contribution is 5.96. The van der Waals surface area contributed by atoms with Crippen molar-refractivity contribution in [2.24, 2.45) is 13.0 Å². The molecule has 1 aliphatic carbocycles. The largest absolute Gasteiger partial charge is 0.335 e. The maximum atomic E-state index is 12.9. The number of carbonyl (C=O) groups is 2. The van der Waals surface area contributed by atoms with Gasteiger partial charge in [-0.15, -0.1) is 0 Å². The third-order valence-corrected chi connectivity index (χ3v) is 6.23. The molecular formula is C23H31N5O2. The van der Waals surface area contributed by atoms with Crippen molar-refractivity contribution in [1.82, 2.24) is 19.6 Å². The molecule has 0 unspecified atom stereocenters. The lowest BCUT2D eigenvalue weighted by Crippen LogP contribution is -2.48. The average molecular weight is 410 g/mol. The van der Waals surface area contributed by atoms with Gasteiger partial charge in [0.15, 0.2) is 5.69 Å². The quantitative estimate of drug-likeness (QED) is 0.824. The van der Waals surface area contributed by atoms with Gasteiger partial charge >= 0.3 is 0 Å². The summed E-state index contributed by atoms with van der Waals surface area (Å²) in [4.78, 5) is 29.7. The van der Waals surface area contributed by atoms with Crippen molar-refractivity contribution in [3.8, 4) is 0 Å². The van der Waals surface area contributed by atoms with Crippen LogP contribution in [-0.2, 0) is 18.4 Å². The molecule has 1 N–H and O–H groups in total. The first-order chi connectivity index (χ1) is 14.6. The highest BCUT2D eigenvalue weighted by Gasteiger charge is 2.26. The Morgan fingerprint density at radius 3 is 2.43 bits per heavy atom. The van der Waals surface area contributed by atoms with E-state index >= 15 is 0 Å². The normalized spacial score (nSPS) is 18.4. The molecule has 30 heavy (non-hydrogen) atoms. The lowest BCUT2D eigenvalue weighted by Gasteiger charge is -2.34. The molecule has 1 saturated heterocycles. The number of anilines is 1. The van der Waals surface area contributed by atoms with Gasteiger partial charge in [0.2, 0.25) is 5.91 Å². The lowest BCUT2D eigenvalue weighted by atomic mass is 9.89. The van der Waals surface area contributed by atoms with Gasteiger partial charge in [-0.25, -0.2) is 0 Å². The van der Waals surface area contributed by atoms with E-state index in [2.05, 4.69) is 39.6 Å². The van der Waals surface area contributed by atoms with Crippen molar-refractivity contribution in [1.29, 1.82) is 0 Å². The summed E-state index contributed by atoms with van der Waals surface area (Å²) in [5, 5.41) is 7.34. The van der Waals surface area contributed by atoms with E-state index in [4.69, 9.17) is 0 Å². The van der Waals surface area contributed by atoms with Crippen molar-refractivity contribution in [2.75, 3.05) is 31.5 Å². The minimum atomic E-state index is -0.0665. The molecule has 0 bridgehead atoms. The van der Waals surface area contributed by atoms with Gasteiger partial charge in [-0.05, 0) is 18.4 Å². The Hall–Kier alpha value is -2.67. The number of hydrogen-bond donors (Lipinski definition) is 1. The Morgan fingerprint density at radius 2 is 1.73 bits per heavy atom. The zero-order chi connectivity index (χ0) is 20.9. The minimum absolute atomic E-state index is 0.0474. The van der Waals surface area contributed by atoms with Crippen LogP contribution < -0.4 is 5.32 Å². The van der Waals surface area contributed by atoms with Crippen LogP contribution in [0.25, 0.3) is 0 Å². The van der Waals surface area contributed by atoms with E-state index in [-0.39, 0.29) is 17.7 Å². The zero-order valence-electron chi connectivity index (χ0n) is 17.7. The molecule has 4 rings (SSSR count). The molecule has 7 heteroatoms. The highest BCUT2D eigenvalue weighted by atomic mass is 16.2. The van der Waals surface area contributed by atoms with E-state index in [1.165, 1.54) is 12.0 Å². The first-order valence-corrected chi connectivity index (χ1v) is 11.0. The summed E-state index contributed by atoms with van der Waals surface area (Å²) < 4.78 is 1.60. The molecule has 1 saturated carbocycles. The Labute approximate surface area is 178 Å². The van der Waals surface area contributed by atoms with Gasteiger partial charge in [0.25, 0.3) is 5.91 Å². The molecule has 1 aromatic heterocycles. The molecule has 7 nitrogen and oxygen atoms in total. The summed E-state index contributed by atoms with van der Waals surface area (Å²) in [7, 11) is 1.77. The second kappa shape index (κ2) is 9.43. The van der Waals surface area contributed by atoms with E-state index in [1.807, 2.05) is 11.0 Å². The Morgan fingerprint density at radius 1 is 1.03 bits per heavy atom. The van der Waals surface area contributed by atoms with Gasteiger partial charge in [-0.1, -0.05) is 49.6 Å². The smallest absolute Gasteiger partial charge is 0.274 e. The van der Waals surface area contributed by atoms with Gasteiger partial charge in [0, 0.05) is 51.8 Å². The van der Waals surface area contributed by atoms with Crippen LogP contribution in [0.1, 0.15) is 48.2 Å². The van der Waals surface area contributed by atoms with Gasteiger partial charge in [0.05, 0.1) is 0 Å². The number of hydrogen-bond acceptors (Lipinski definition) is 4. The molecule has 1 aromatic carbocycles. The summed E-state index contributed by atoms with van der Waals surface area (Å²) in [5.74, 6) is 0.650. The molecule has 2 fully saturated rings. The first-order valence-electron chi connectivity index (χ1n) is 11.0. The number of nitrogens with zero attached hydrogens (tertiary/aromatic N) is 4. The molecule has 1 aliphatic heterocycles. The molecule has 0 radical (unpaired) electrons. The predicted octanol–water partition coefficient (Wildman–Crippen LogP) is 2.90. The molecular weight excluding hydrogens is 378 g/mol. The van der Waals surface area contributed by atoms with Crippen molar-refractivity contribution < 1.29 is 9.59 Å². The standard InChI is InChI=1S/C23H31N5O2/c1-26-21(24-22(29)19-10-6-3-7-11-19)16-20(25-26)23(30)28-14-12-27(13-15-28)17-18-8-4-2-5-9-18/h2,4-5,8-9,16,19H,3,6-7,10-15,17H2,1H3,(H,24,29). The number of amides is 2. The molecule has 2 heterocycles. The van der Waals surface area contributed by atoms with Crippen LogP contribution in [0.15, 0.2) is 36.4 Å². The van der Waals surface area contributed by atoms with Crippen LogP contribution >= 0.6 is 0 Å². The predicted molar refractivity (Wildman–Crippen MR) is 116 cm³/mol. The van der Waals surface area contributed by atoms with E-state index in [1.54, 1.807) is 17.8 Å². The molecule has 0 spiro atoms. The molecule has 2 amide bonds. The average Bonchev–Trinajstić information content (AvgIpc) is 3.15. The maximum absolute atomic E-state index is 12.9. The van der Waals surface area contributed by atoms with Crippen LogP contribution in [0, 0.1) is 5.92 Å². The summed E-state index contributed by atoms with van der Waals surface area (Å²) >= 11 is 0. The van der Waals surface area contributed by atoms with Crippen LogP contribution in [0.2, 0.25) is 0 Å². The van der Waals surface area contributed by atoms with Gasteiger partial charge < -0.3 is 10.2 Å². The van der Waals surface area contributed by atoms with Gasteiger partial charge in [-0.2, -0.15) is 5.10 Å². The first kappa shape index (κ1) is 20.6. The van der Waals surface area contributed by atoms with E-state index in [9.17, 15) is 9.59 Å². The van der Waals surface area contributed by atoms with Crippen LogP contribution in [0.3, 0.4) is 0 Å². The van der Waals surface area contributed by atoms with Gasteiger partial charge in [0.1, 0.15) is 5.82 Å². The fourth-order valence-corrected chi connectivity index (χ4v) is 4.39. The van der Waals surface area contributed by atoms with Crippen molar-refractivity contribution in [3.05, 3.63) is 47.7 Å². The van der Waals surface area contributed by atoms with Crippen LogP contribution in [0.5, 0.6) is 0 Å². The minimum Gasteiger partial charge on any atom is -0.335 e. The Balaban J connectivity index is 1.32. The number of rotatable bonds is 5. The van der Waals surface area contributed by atoms with E-state index < -0.39 is 0 Å². The summed E-state index contributed by atoms with van der Waals surface area (Å²) in [6, 6.07) is 12.1. The number of nitrogens with one attached hydrogen (secondary N) is 1. The molecule has 160 valence electrons. The summed E-state index contributed by atoms with van der Waals surface area (Å²) in [5.41, 5.74) is 1.69. The molecule has 2 aromatic rings. The van der Waals surface area contributed by atoms with Crippen LogP contribution in [-0.4, -0.2) is 57.6 Å². The third-order valence-electron chi connectivity index (χ3n) is 6.23. The fraction of sp³-hybridized carbons (Fsp3) is 0.522. The topological polar surface area (TPSA) is 70.5 Å². The second-order valence-corrected chi connectivity index (χ2v) is 8.42. The van der Waals surface area contributed by atoms with Crippen LogP contribution in [0.4, 0.5) is 5.82 Å². The fourth-order valence-electron chi connectivity index (χ4n) is 4.39. The highest BCUT2D eigenvalue weighted by Crippen LogP contribution is 2.25. The number of aryl methyl sites for hydroxylation is 1. The third kappa shape index (κ3) is 4.90. The van der Waals surface area contributed by atoms with Gasteiger partial charge in [-0.3, -0.25) is 19.2 Å². The number of aromatic nitrogens is 2. The van der Waals surface area contributed by atoms with E-state index in [0.29, 0.717) is 24.6 Å². The Bertz CT molecular complexity index is 865. The second-order valence-electron chi connectivity index (χ2n) is 8.42. The van der Waals surface area contributed by atoms with Crippen molar-refractivity contribution >= 4 is 17.6 Å². The zero-order valence-corrected chi connectivity index (χ0v) is 17.7. The van der Waals surface area contributed by atoms with Crippen molar-refractivity contribution in [2.45, 2.75) is 38.6 Å². The van der Waals surface area contributed by atoms with Crippen molar-refractivity contribution in [3.63, 3.8) is 0 Å². The lowest BCUT2D eigenvalue weighted by molar-refractivity contribution is -0.120.